The first-order valence-corrected chi connectivity index (χ1v) is 7.82. The van der Waals surface area contributed by atoms with E-state index in [2.05, 4.69) is 11.4 Å². The Labute approximate surface area is 139 Å². The minimum absolute atomic E-state index is 0. The van der Waals surface area contributed by atoms with Crippen molar-refractivity contribution in [2.24, 2.45) is 5.73 Å². The molecule has 0 aromatic heterocycles. The highest BCUT2D eigenvalue weighted by Crippen LogP contribution is 2.44. The lowest BCUT2D eigenvalue weighted by Crippen LogP contribution is -2.39. The first kappa shape index (κ1) is 18.8. The number of nitrogens with two attached hydrogens (primary N) is 1. The summed E-state index contributed by atoms with van der Waals surface area (Å²) >= 11 is 0. The zero-order chi connectivity index (χ0) is 15.1. The fourth-order valence-electron chi connectivity index (χ4n) is 3.29. The summed E-state index contributed by atoms with van der Waals surface area (Å²) in [5, 5.41) is 3.10. The monoisotopic (exact) mass is 326 g/mol. The van der Waals surface area contributed by atoms with Gasteiger partial charge in [-0.2, -0.15) is 0 Å². The number of amides is 1. The average Bonchev–Trinajstić information content (AvgIpc) is 3.01. The van der Waals surface area contributed by atoms with Crippen molar-refractivity contribution >= 4 is 18.3 Å². The van der Waals surface area contributed by atoms with E-state index in [1.807, 2.05) is 18.2 Å². The molecule has 1 amide bonds. The lowest BCUT2D eigenvalue weighted by Gasteiger charge is -2.31. The summed E-state index contributed by atoms with van der Waals surface area (Å²) in [5.41, 5.74) is 6.70. The molecular formula is C17H27ClN2O2. The standard InChI is InChI=1S/C17H26N2O2.ClH/c1-21-15-8-3-2-7-14(15)17(10-4-5-11-17)13-19-16(20)9-6-12-18;/h2-3,7-8H,4-6,9-13,18H2,1H3,(H,19,20);1H. The van der Waals surface area contributed by atoms with Crippen molar-refractivity contribution in [3.63, 3.8) is 0 Å². The fourth-order valence-corrected chi connectivity index (χ4v) is 3.29. The normalized spacial score (nSPS) is 15.9. The molecule has 1 aromatic carbocycles. The maximum atomic E-state index is 11.9. The first-order chi connectivity index (χ1) is 10.2. The van der Waals surface area contributed by atoms with Crippen LogP contribution in [-0.2, 0) is 10.2 Å². The Balaban J connectivity index is 0.00000242. The van der Waals surface area contributed by atoms with Gasteiger partial charge in [0.1, 0.15) is 5.75 Å². The SMILES string of the molecule is COc1ccccc1C1(CNC(=O)CCCN)CCCC1.Cl. The van der Waals surface area contributed by atoms with Crippen molar-refractivity contribution in [1.82, 2.24) is 5.32 Å². The molecule has 0 bridgehead atoms. The maximum Gasteiger partial charge on any atom is 0.220 e. The number of nitrogens with one attached hydrogen (secondary N) is 1. The van der Waals surface area contributed by atoms with Gasteiger partial charge in [0.05, 0.1) is 7.11 Å². The molecule has 1 aliphatic carbocycles. The zero-order valence-corrected chi connectivity index (χ0v) is 14.1. The molecule has 4 nitrogen and oxygen atoms in total. The van der Waals surface area contributed by atoms with Crippen LogP contribution in [0.1, 0.15) is 44.1 Å². The van der Waals surface area contributed by atoms with E-state index in [-0.39, 0.29) is 23.7 Å². The van der Waals surface area contributed by atoms with Crippen LogP contribution >= 0.6 is 12.4 Å². The summed E-state index contributed by atoms with van der Waals surface area (Å²) in [6, 6.07) is 8.18. The Hall–Kier alpha value is -1.26. The summed E-state index contributed by atoms with van der Waals surface area (Å²) in [4.78, 5) is 11.9. The van der Waals surface area contributed by atoms with E-state index in [0.29, 0.717) is 19.5 Å². The third kappa shape index (κ3) is 4.37. The summed E-state index contributed by atoms with van der Waals surface area (Å²) in [5.74, 6) is 1.03. The van der Waals surface area contributed by atoms with Crippen molar-refractivity contribution in [3.05, 3.63) is 29.8 Å². The summed E-state index contributed by atoms with van der Waals surface area (Å²) in [6.45, 7) is 1.25. The highest BCUT2D eigenvalue weighted by atomic mass is 35.5. The van der Waals surface area contributed by atoms with Crippen molar-refractivity contribution in [2.45, 2.75) is 43.9 Å². The lowest BCUT2D eigenvalue weighted by atomic mass is 9.78. The Morgan fingerprint density at radius 2 is 2.00 bits per heavy atom. The molecule has 2 rings (SSSR count). The predicted octanol–water partition coefficient (Wildman–Crippen LogP) is 2.78. The third-order valence-electron chi connectivity index (χ3n) is 4.47. The van der Waals surface area contributed by atoms with Crippen LogP contribution in [-0.4, -0.2) is 26.1 Å². The molecule has 1 fully saturated rings. The zero-order valence-electron chi connectivity index (χ0n) is 13.3. The van der Waals surface area contributed by atoms with Gasteiger partial charge in [-0.15, -0.1) is 12.4 Å². The minimum atomic E-state index is 0. The summed E-state index contributed by atoms with van der Waals surface area (Å²) < 4.78 is 5.53. The van der Waals surface area contributed by atoms with E-state index in [1.54, 1.807) is 7.11 Å². The Kier molecular flexibility index (Phi) is 7.69. The number of carbonyl (C=O) groups excluding carboxylic acids is 1. The Morgan fingerprint density at radius 3 is 2.64 bits per heavy atom. The molecule has 0 spiro atoms. The molecule has 0 saturated heterocycles. The molecule has 0 radical (unpaired) electrons. The Bertz CT molecular complexity index is 473. The Morgan fingerprint density at radius 1 is 1.32 bits per heavy atom. The molecule has 3 N–H and O–H groups in total. The van der Waals surface area contributed by atoms with Gasteiger partial charge in [0.15, 0.2) is 0 Å². The van der Waals surface area contributed by atoms with Gasteiger partial charge >= 0.3 is 0 Å². The van der Waals surface area contributed by atoms with Crippen LogP contribution in [0.2, 0.25) is 0 Å². The highest BCUT2D eigenvalue weighted by Gasteiger charge is 2.37. The molecular weight excluding hydrogens is 300 g/mol. The third-order valence-corrected chi connectivity index (χ3v) is 4.47. The van der Waals surface area contributed by atoms with E-state index in [4.69, 9.17) is 10.5 Å². The van der Waals surface area contributed by atoms with Gasteiger partial charge in [0.2, 0.25) is 5.91 Å². The van der Waals surface area contributed by atoms with Crippen LogP contribution < -0.4 is 15.8 Å². The van der Waals surface area contributed by atoms with Crippen LogP contribution in [0, 0.1) is 0 Å². The molecule has 1 aromatic rings. The molecule has 1 aliphatic rings. The molecule has 0 aliphatic heterocycles. The van der Waals surface area contributed by atoms with Gasteiger partial charge in [0, 0.05) is 23.9 Å². The van der Waals surface area contributed by atoms with Crippen LogP contribution in [0.4, 0.5) is 0 Å². The van der Waals surface area contributed by atoms with Crippen molar-refractivity contribution in [3.8, 4) is 5.75 Å². The van der Waals surface area contributed by atoms with E-state index in [9.17, 15) is 4.79 Å². The van der Waals surface area contributed by atoms with Gasteiger partial charge in [-0.25, -0.2) is 0 Å². The second-order valence-corrected chi connectivity index (χ2v) is 5.86. The number of hydrogen-bond acceptors (Lipinski definition) is 3. The number of methoxy groups -OCH3 is 1. The first-order valence-electron chi connectivity index (χ1n) is 7.82. The maximum absolute atomic E-state index is 11.9. The second-order valence-electron chi connectivity index (χ2n) is 5.86. The molecule has 0 atom stereocenters. The fraction of sp³-hybridized carbons (Fsp3) is 0.588. The molecule has 5 heteroatoms. The van der Waals surface area contributed by atoms with Gasteiger partial charge in [-0.3, -0.25) is 4.79 Å². The van der Waals surface area contributed by atoms with Crippen molar-refractivity contribution in [2.75, 3.05) is 20.2 Å². The highest BCUT2D eigenvalue weighted by molar-refractivity contribution is 5.85. The smallest absolute Gasteiger partial charge is 0.220 e. The van der Waals surface area contributed by atoms with E-state index >= 15 is 0 Å². The number of para-hydroxylation sites is 1. The molecule has 22 heavy (non-hydrogen) atoms. The molecule has 0 heterocycles. The van der Waals surface area contributed by atoms with Gasteiger partial charge < -0.3 is 15.8 Å². The van der Waals surface area contributed by atoms with Crippen LogP contribution in [0.5, 0.6) is 5.75 Å². The predicted molar refractivity (Wildman–Crippen MR) is 91.7 cm³/mol. The van der Waals surface area contributed by atoms with Crippen LogP contribution in [0.25, 0.3) is 0 Å². The quantitative estimate of drug-likeness (QED) is 0.809. The van der Waals surface area contributed by atoms with Gasteiger partial charge in [0.25, 0.3) is 0 Å². The lowest BCUT2D eigenvalue weighted by molar-refractivity contribution is -0.121. The number of halogens is 1. The summed E-state index contributed by atoms with van der Waals surface area (Å²) in [6.07, 6.45) is 5.87. The minimum Gasteiger partial charge on any atom is -0.496 e. The largest absolute Gasteiger partial charge is 0.496 e. The summed E-state index contributed by atoms with van der Waals surface area (Å²) in [7, 11) is 1.71. The number of ether oxygens (including phenoxy) is 1. The van der Waals surface area contributed by atoms with E-state index in [0.717, 1.165) is 25.0 Å². The van der Waals surface area contributed by atoms with Gasteiger partial charge in [-0.1, -0.05) is 31.0 Å². The molecule has 1 saturated carbocycles. The van der Waals surface area contributed by atoms with Crippen molar-refractivity contribution < 1.29 is 9.53 Å². The van der Waals surface area contributed by atoms with Crippen LogP contribution in [0.3, 0.4) is 0 Å². The number of hydrogen-bond donors (Lipinski definition) is 2. The topological polar surface area (TPSA) is 64.3 Å². The number of benzene rings is 1. The van der Waals surface area contributed by atoms with Crippen LogP contribution in [0.15, 0.2) is 24.3 Å². The molecule has 0 unspecified atom stereocenters. The van der Waals surface area contributed by atoms with Gasteiger partial charge in [-0.05, 0) is 31.9 Å². The number of carbonyl (C=O) groups is 1. The second kappa shape index (κ2) is 9.01. The van der Waals surface area contributed by atoms with E-state index < -0.39 is 0 Å². The number of rotatable bonds is 7. The van der Waals surface area contributed by atoms with E-state index in [1.165, 1.54) is 18.4 Å². The molecule has 124 valence electrons. The average molecular weight is 327 g/mol. The van der Waals surface area contributed by atoms with Crippen molar-refractivity contribution in [1.29, 1.82) is 0 Å².